The Balaban J connectivity index is 2.38. The maximum absolute atomic E-state index is 12.9. The number of hydrogen-bond acceptors (Lipinski definition) is 3. The van der Waals surface area contributed by atoms with E-state index >= 15 is 0 Å². The summed E-state index contributed by atoms with van der Waals surface area (Å²) in [6, 6.07) is 4.29. The van der Waals surface area contributed by atoms with Crippen molar-refractivity contribution < 1.29 is 9.50 Å². The van der Waals surface area contributed by atoms with Gasteiger partial charge in [0.25, 0.3) is 0 Å². The van der Waals surface area contributed by atoms with Gasteiger partial charge in [-0.25, -0.2) is 14.4 Å². The van der Waals surface area contributed by atoms with Gasteiger partial charge in [-0.3, -0.25) is 0 Å². The van der Waals surface area contributed by atoms with Gasteiger partial charge < -0.3 is 5.11 Å². The maximum atomic E-state index is 12.9. The predicted molar refractivity (Wildman–Crippen MR) is 57.2 cm³/mol. The number of aryl methyl sites for hydroxylation is 1. The Morgan fingerprint density at radius 3 is 2.56 bits per heavy atom. The van der Waals surface area contributed by atoms with E-state index in [9.17, 15) is 9.50 Å². The molecule has 1 aromatic carbocycles. The molecule has 82 valence electrons. The Hall–Kier alpha value is -1.81. The average molecular weight is 218 g/mol. The van der Waals surface area contributed by atoms with Gasteiger partial charge in [0.15, 0.2) is 0 Å². The molecule has 2 rings (SSSR count). The summed E-state index contributed by atoms with van der Waals surface area (Å²) in [6.07, 6.45) is 3.66. The Labute approximate surface area is 92.6 Å². The van der Waals surface area contributed by atoms with Crippen molar-refractivity contribution in [2.75, 3.05) is 0 Å². The number of aliphatic hydroxyl groups excluding tert-OH is 1. The Morgan fingerprint density at radius 2 is 1.94 bits per heavy atom. The van der Waals surface area contributed by atoms with Crippen LogP contribution in [-0.4, -0.2) is 15.1 Å². The van der Waals surface area contributed by atoms with Gasteiger partial charge in [-0.15, -0.1) is 0 Å². The summed E-state index contributed by atoms with van der Waals surface area (Å²) in [5, 5.41) is 10.1. The molecular formula is C12H11FN2O. The zero-order chi connectivity index (χ0) is 11.5. The highest BCUT2D eigenvalue weighted by Crippen LogP contribution is 2.23. The van der Waals surface area contributed by atoms with Crippen LogP contribution in [-0.2, 0) is 0 Å². The normalized spacial score (nSPS) is 12.4. The predicted octanol–water partition coefficient (Wildman–Crippen LogP) is 2.01. The molecular weight excluding hydrogens is 207 g/mol. The van der Waals surface area contributed by atoms with Crippen LogP contribution in [0.1, 0.15) is 22.8 Å². The molecule has 1 unspecified atom stereocenters. The van der Waals surface area contributed by atoms with E-state index in [2.05, 4.69) is 9.97 Å². The Kier molecular flexibility index (Phi) is 2.92. The summed E-state index contributed by atoms with van der Waals surface area (Å²) >= 11 is 0. The van der Waals surface area contributed by atoms with E-state index in [4.69, 9.17) is 0 Å². The highest BCUT2D eigenvalue weighted by molar-refractivity contribution is 5.33. The number of halogens is 1. The topological polar surface area (TPSA) is 46.0 Å². The minimum atomic E-state index is -0.818. The minimum Gasteiger partial charge on any atom is -0.384 e. The average Bonchev–Trinajstić information content (AvgIpc) is 2.29. The molecule has 0 saturated heterocycles. The van der Waals surface area contributed by atoms with Crippen molar-refractivity contribution in [3.63, 3.8) is 0 Å². The molecule has 0 saturated carbocycles. The smallest absolute Gasteiger partial charge is 0.123 e. The van der Waals surface area contributed by atoms with Crippen LogP contribution in [0.15, 0.2) is 36.9 Å². The number of hydrogen-bond donors (Lipinski definition) is 1. The molecule has 1 atom stereocenters. The van der Waals surface area contributed by atoms with Crippen LogP contribution in [0.2, 0.25) is 0 Å². The minimum absolute atomic E-state index is 0.308. The fraction of sp³-hybridized carbons (Fsp3) is 0.167. The SMILES string of the molecule is Cc1cc(F)ccc1C(O)c1cncnc1. The zero-order valence-corrected chi connectivity index (χ0v) is 8.76. The van der Waals surface area contributed by atoms with E-state index in [-0.39, 0.29) is 5.82 Å². The molecule has 0 amide bonds. The second-order valence-corrected chi connectivity index (χ2v) is 3.58. The number of rotatable bonds is 2. The number of benzene rings is 1. The number of aliphatic hydroxyl groups is 1. The van der Waals surface area contributed by atoms with E-state index in [0.29, 0.717) is 16.7 Å². The molecule has 1 N–H and O–H groups in total. The molecule has 0 radical (unpaired) electrons. The summed E-state index contributed by atoms with van der Waals surface area (Å²) < 4.78 is 12.9. The van der Waals surface area contributed by atoms with E-state index < -0.39 is 6.10 Å². The molecule has 0 spiro atoms. The molecule has 0 fully saturated rings. The maximum Gasteiger partial charge on any atom is 0.123 e. The van der Waals surface area contributed by atoms with Crippen LogP contribution in [0.3, 0.4) is 0 Å². The fourth-order valence-electron chi connectivity index (χ4n) is 1.58. The van der Waals surface area contributed by atoms with Gasteiger partial charge >= 0.3 is 0 Å². The first-order valence-electron chi connectivity index (χ1n) is 4.87. The van der Waals surface area contributed by atoms with Crippen molar-refractivity contribution in [3.05, 3.63) is 59.4 Å². The molecule has 0 aliphatic rings. The first-order valence-corrected chi connectivity index (χ1v) is 4.87. The van der Waals surface area contributed by atoms with Gasteiger partial charge in [0.1, 0.15) is 18.2 Å². The van der Waals surface area contributed by atoms with Gasteiger partial charge in [-0.1, -0.05) is 6.07 Å². The zero-order valence-electron chi connectivity index (χ0n) is 8.76. The lowest BCUT2D eigenvalue weighted by molar-refractivity contribution is 0.218. The molecule has 0 aliphatic carbocycles. The van der Waals surface area contributed by atoms with Crippen LogP contribution in [0.25, 0.3) is 0 Å². The highest BCUT2D eigenvalue weighted by atomic mass is 19.1. The molecule has 16 heavy (non-hydrogen) atoms. The van der Waals surface area contributed by atoms with Gasteiger partial charge in [-0.05, 0) is 30.2 Å². The lowest BCUT2D eigenvalue weighted by atomic mass is 9.99. The van der Waals surface area contributed by atoms with Crippen molar-refractivity contribution in [2.24, 2.45) is 0 Å². The number of nitrogens with zero attached hydrogens (tertiary/aromatic N) is 2. The lowest BCUT2D eigenvalue weighted by Gasteiger charge is -2.13. The van der Waals surface area contributed by atoms with Crippen molar-refractivity contribution in [3.8, 4) is 0 Å². The van der Waals surface area contributed by atoms with Crippen LogP contribution in [0, 0.1) is 12.7 Å². The second-order valence-electron chi connectivity index (χ2n) is 3.58. The van der Waals surface area contributed by atoms with Crippen LogP contribution in [0.5, 0.6) is 0 Å². The standard InChI is InChI=1S/C12H11FN2O/c1-8-4-10(13)2-3-11(8)12(16)9-5-14-7-15-6-9/h2-7,12,16H,1H3. The summed E-state index contributed by atoms with van der Waals surface area (Å²) in [4.78, 5) is 7.67. The largest absolute Gasteiger partial charge is 0.384 e. The van der Waals surface area contributed by atoms with E-state index in [0.717, 1.165) is 0 Å². The molecule has 4 heteroatoms. The summed E-state index contributed by atoms with van der Waals surface area (Å²) in [7, 11) is 0. The van der Waals surface area contributed by atoms with Crippen LogP contribution in [0.4, 0.5) is 4.39 Å². The van der Waals surface area contributed by atoms with Crippen LogP contribution < -0.4 is 0 Å². The molecule has 0 bridgehead atoms. The van der Waals surface area contributed by atoms with Crippen molar-refractivity contribution in [1.82, 2.24) is 9.97 Å². The van der Waals surface area contributed by atoms with Crippen molar-refractivity contribution in [1.29, 1.82) is 0 Å². The van der Waals surface area contributed by atoms with E-state index in [1.54, 1.807) is 25.4 Å². The van der Waals surface area contributed by atoms with Gasteiger partial charge in [0, 0.05) is 18.0 Å². The molecule has 1 aromatic heterocycles. The molecule has 0 aliphatic heterocycles. The third kappa shape index (κ3) is 2.06. The summed E-state index contributed by atoms with van der Waals surface area (Å²) in [6.45, 7) is 1.76. The third-order valence-corrected chi connectivity index (χ3v) is 2.42. The molecule has 3 nitrogen and oxygen atoms in total. The quantitative estimate of drug-likeness (QED) is 0.838. The highest BCUT2D eigenvalue weighted by Gasteiger charge is 2.13. The fourth-order valence-corrected chi connectivity index (χ4v) is 1.58. The molecule has 1 heterocycles. The summed E-state index contributed by atoms with van der Waals surface area (Å²) in [5.74, 6) is -0.308. The van der Waals surface area contributed by atoms with Crippen LogP contribution >= 0.6 is 0 Å². The third-order valence-electron chi connectivity index (χ3n) is 2.42. The van der Waals surface area contributed by atoms with Gasteiger partial charge in [-0.2, -0.15) is 0 Å². The monoisotopic (exact) mass is 218 g/mol. The second kappa shape index (κ2) is 4.37. The van der Waals surface area contributed by atoms with Gasteiger partial charge in [0.2, 0.25) is 0 Å². The van der Waals surface area contributed by atoms with E-state index in [1.165, 1.54) is 18.5 Å². The molecule has 2 aromatic rings. The first kappa shape index (κ1) is 10.7. The van der Waals surface area contributed by atoms with Gasteiger partial charge in [0.05, 0.1) is 0 Å². The summed E-state index contributed by atoms with van der Waals surface area (Å²) in [5.41, 5.74) is 1.96. The Bertz CT molecular complexity index is 488. The van der Waals surface area contributed by atoms with Crippen molar-refractivity contribution in [2.45, 2.75) is 13.0 Å². The first-order chi connectivity index (χ1) is 7.68. The number of aromatic nitrogens is 2. The van der Waals surface area contributed by atoms with E-state index in [1.807, 2.05) is 0 Å². The Morgan fingerprint density at radius 1 is 1.25 bits per heavy atom. The van der Waals surface area contributed by atoms with Crippen molar-refractivity contribution >= 4 is 0 Å². The lowest BCUT2D eigenvalue weighted by Crippen LogP contribution is -2.03.